The van der Waals surface area contributed by atoms with Gasteiger partial charge in [-0.1, -0.05) is 11.8 Å². The van der Waals surface area contributed by atoms with Gasteiger partial charge >= 0.3 is 0 Å². The monoisotopic (exact) mass is 354 g/mol. The Bertz CT molecular complexity index is 876. The molecule has 1 aliphatic carbocycles. The Morgan fingerprint density at radius 3 is 1.77 bits per heavy atom. The minimum absolute atomic E-state index is 0.170. The van der Waals surface area contributed by atoms with Crippen molar-refractivity contribution in [3.8, 4) is 34.8 Å². The van der Waals surface area contributed by atoms with Gasteiger partial charge in [-0.05, 0) is 23.8 Å². The molecule has 1 atom stereocenters. The Morgan fingerprint density at radius 1 is 0.692 bits per heavy atom. The summed E-state index contributed by atoms with van der Waals surface area (Å²) in [6.45, 7) is 0. The van der Waals surface area contributed by atoms with Gasteiger partial charge < -0.3 is 23.7 Å². The lowest BCUT2D eigenvalue weighted by Gasteiger charge is -2.22. The smallest absolute Gasteiger partial charge is 0.161 e. The molecule has 0 heterocycles. The van der Waals surface area contributed by atoms with E-state index in [1.807, 2.05) is 24.3 Å². The Hall–Kier alpha value is -2.84. The van der Waals surface area contributed by atoms with Crippen LogP contribution in [0.5, 0.6) is 23.0 Å². The molecule has 0 N–H and O–H groups in total. The van der Waals surface area contributed by atoms with Gasteiger partial charge in [-0.2, -0.15) is 0 Å². The normalized spacial score (nSPS) is 14.7. The van der Waals surface area contributed by atoms with Crippen LogP contribution < -0.4 is 18.9 Å². The van der Waals surface area contributed by atoms with Crippen LogP contribution in [-0.4, -0.2) is 35.5 Å². The lowest BCUT2D eigenvalue weighted by Crippen LogP contribution is -2.11. The number of hydrogen-bond acceptors (Lipinski definition) is 5. The fraction of sp³-hybridized carbons (Fsp3) is 0.333. The van der Waals surface area contributed by atoms with Crippen molar-refractivity contribution in [1.29, 1.82) is 0 Å². The summed E-state index contributed by atoms with van der Waals surface area (Å²) < 4.78 is 27.5. The number of fused-ring (bicyclic) bond motifs is 2. The predicted octanol–water partition coefficient (Wildman–Crippen LogP) is 3.36. The molecule has 0 aliphatic heterocycles. The SMILES string of the molecule is COc1cc2c(cc1OC)CC(OC)c1cc(OC)c(OC)cc1C#C2. The first-order valence-electron chi connectivity index (χ1n) is 8.20. The Labute approximate surface area is 153 Å². The van der Waals surface area contributed by atoms with Crippen LogP contribution in [0.15, 0.2) is 24.3 Å². The fourth-order valence-corrected chi connectivity index (χ4v) is 3.13. The number of hydrogen-bond donors (Lipinski definition) is 0. The summed E-state index contributed by atoms with van der Waals surface area (Å²) in [6.07, 6.45) is 0.486. The Kier molecular flexibility index (Phi) is 5.24. The highest BCUT2D eigenvalue weighted by atomic mass is 16.5. The second kappa shape index (κ2) is 7.59. The van der Waals surface area contributed by atoms with Crippen LogP contribution in [0.25, 0.3) is 0 Å². The van der Waals surface area contributed by atoms with Gasteiger partial charge in [-0.15, -0.1) is 0 Å². The van der Waals surface area contributed by atoms with Crippen molar-refractivity contribution >= 4 is 0 Å². The van der Waals surface area contributed by atoms with Crippen molar-refractivity contribution in [2.24, 2.45) is 0 Å². The highest BCUT2D eigenvalue weighted by molar-refractivity contribution is 5.60. The van der Waals surface area contributed by atoms with E-state index in [0.29, 0.717) is 29.4 Å². The largest absolute Gasteiger partial charge is 0.493 e. The molecule has 0 saturated carbocycles. The van der Waals surface area contributed by atoms with Gasteiger partial charge in [0.05, 0.1) is 34.5 Å². The van der Waals surface area contributed by atoms with E-state index in [4.69, 9.17) is 23.7 Å². The zero-order chi connectivity index (χ0) is 18.7. The van der Waals surface area contributed by atoms with Gasteiger partial charge in [0.25, 0.3) is 0 Å². The summed E-state index contributed by atoms with van der Waals surface area (Å²) in [5.74, 6) is 9.11. The average molecular weight is 354 g/mol. The van der Waals surface area contributed by atoms with Gasteiger partial charge in [0.2, 0.25) is 0 Å². The first-order valence-corrected chi connectivity index (χ1v) is 8.20. The highest BCUT2D eigenvalue weighted by Gasteiger charge is 2.22. The maximum Gasteiger partial charge on any atom is 0.161 e. The third-order valence-electron chi connectivity index (χ3n) is 4.53. The topological polar surface area (TPSA) is 46.2 Å². The summed E-state index contributed by atoms with van der Waals surface area (Å²) in [6, 6.07) is 7.68. The van der Waals surface area contributed by atoms with Crippen LogP contribution in [-0.2, 0) is 11.2 Å². The molecule has 0 fully saturated rings. The Balaban J connectivity index is 2.20. The average Bonchev–Trinajstić information content (AvgIpc) is 2.68. The van der Waals surface area contributed by atoms with Gasteiger partial charge in [0.15, 0.2) is 23.0 Å². The minimum atomic E-state index is -0.170. The van der Waals surface area contributed by atoms with Crippen molar-refractivity contribution < 1.29 is 23.7 Å². The summed E-state index contributed by atoms with van der Waals surface area (Å²) >= 11 is 0. The molecular formula is C21H22O5. The van der Waals surface area contributed by atoms with E-state index >= 15 is 0 Å². The van der Waals surface area contributed by atoms with E-state index in [-0.39, 0.29) is 6.10 Å². The molecule has 0 saturated heterocycles. The molecule has 3 rings (SSSR count). The van der Waals surface area contributed by atoms with Crippen LogP contribution in [0.4, 0.5) is 0 Å². The summed E-state index contributed by atoms with van der Waals surface area (Å²) in [4.78, 5) is 0. The summed E-state index contributed by atoms with van der Waals surface area (Å²) in [7, 11) is 8.17. The zero-order valence-corrected chi connectivity index (χ0v) is 15.6. The molecular weight excluding hydrogens is 332 g/mol. The fourth-order valence-electron chi connectivity index (χ4n) is 3.13. The third kappa shape index (κ3) is 3.16. The van der Waals surface area contributed by atoms with Crippen LogP contribution in [0.3, 0.4) is 0 Å². The molecule has 0 aromatic heterocycles. The van der Waals surface area contributed by atoms with Crippen molar-refractivity contribution in [3.05, 3.63) is 46.5 Å². The first kappa shape index (κ1) is 18.0. The quantitative estimate of drug-likeness (QED) is 0.771. The van der Waals surface area contributed by atoms with Gasteiger partial charge in [0, 0.05) is 36.3 Å². The second-order valence-electron chi connectivity index (χ2n) is 5.84. The molecule has 0 amide bonds. The second-order valence-corrected chi connectivity index (χ2v) is 5.84. The van der Waals surface area contributed by atoms with E-state index in [1.165, 1.54) is 0 Å². The number of benzene rings is 2. The van der Waals surface area contributed by atoms with Crippen molar-refractivity contribution in [2.45, 2.75) is 12.5 Å². The maximum absolute atomic E-state index is 5.78. The van der Waals surface area contributed by atoms with Crippen molar-refractivity contribution in [1.82, 2.24) is 0 Å². The van der Waals surface area contributed by atoms with Crippen LogP contribution in [0.2, 0.25) is 0 Å². The van der Waals surface area contributed by atoms with Crippen molar-refractivity contribution in [3.63, 3.8) is 0 Å². The number of methoxy groups -OCH3 is 5. The maximum atomic E-state index is 5.78. The van der Waals surface area contributed by atoms with Gasteiger partial charge in [-0.25, -0.2) is 0 Å². The molecule has 5 heteroatoms. The number of ether oxygens (including phenoxy) is 5. The van der Waals surface area contributed by atoms with Gasteiger partial charge in [-0.3, -0.25) is 0 Å². The minimum Gasteiger partial charge on any atom is -0.493 e. The molecule has 0 spiro atoms. The van der Waals surface area contributed by atoms with E-state index in [2.05, 4.69) is 11.8 Å². The molecule has 1 aliphatic rings. The zero-order valence-electron chi connectivity index (χ0n) is 15.6. The van der Waals surface area contributed by atoms with E-state index < -0.39 is 0 Å². The molecule has 136 valence electrons. The predicted molar refractivity (Wildman–Crippen MR) is 98.5 cm³/mol. The molecule has 2 aromatic carbocycles. The Morgan fingerprint density at radius 2 is 1.19 bits per heavy atom. The first-order chi connectivity index (χ1) is 12.6. The molecule has 5 nitrogen and oxygen atoms in total. The molecule has 26 heavy (non-hydrogen) atoms. The van der Waals surface area contributed by atoms with Crippen molar-refractivity contribution in [2.75, 3.05) is 35.5 Å². The molecule has 0 bridgehead atoms. The molecule has 2 aromatic rings. The van der Waals surface area contributed by atoms with E-state index in [0.717, 1.165) is 22.3 Å². The molecule has 1 unspecified atom stereocenters. The number of rotatable bonds is 5. The summed E-state index contributed by atoms with van der Waals surface area (Å²) in [5.41, 5.74) is 3.76. The van der Waals surface area contributed by atoms with Crippen LogP contribution in [0, 0.1) is 11.8 Å². The lowest BCUT2D eigenvalue weighted by molar-refractivity contribution is 0.103. The van der Waals surface area contributed by atoms with Crippen LogP contribution >= 0.6 is 0 Å². The lowest BCUT2D eigenvalue weighted by atomic mass is 9.91. The van der Waals surface area contributed by atoms with E-state index in [1.54, 1.807) is 35.5 Å². The third-order valence-corrected chi connectivity index (χ3v) is 4.53. The van der Waals surface area contributed by atoms with E-state index in [9.17, 15) is 0 Å². The standard InChI is InChI=1S/C21H22O5/c1-22-17-10-15-11-20(25-4)18(23-2)8-13(15)6-7-14-9-19(24-3)21(26-5)12-16(14)17/h8-9,11-12,17H,10H2,1-5H3. The van der Waals surface area contributed by atoms with Gasteiger partial charge in [0.1, 0.15) is 0 Å². The summed E-state index contributed by atoms with van der Waals surface area (Å²) in [5, 5.41) is 0. The molecule has 0 radical (unpaired) electrons. The van der Waals surface area contributed by atoms with Crippen LogP contribution in [0.1, 0.15) is 28.4 Å². The highest BCUT2D eigenvalue weighted by Crippen LogP contribution is 2.38.